The van der Waals surface area contributed by atoms with Crippen molar-refractivity contribution in [1.29, 1.82) is 0 Å². The van der Waals surface area contributed by atoms with Crippen molar-refractivity contribution in [3.8, 4) is 11.5 Å². The molecule has 4 nitrogen and oxygen atoms in total. The van der Waals surface area contributed by atoms with Crippen LogP contribution in [0.3, 0.4) is 0 Å². The topological polar surface area (TPSA) is 53.9 Å². The van der Waals surface area contributed by atoms with Crippen LogP contribution in [0.15, 0.2) is 46.9 Å². The summed E-state index contributed by atoms with van der Waals surface area (Å²) < 4.78 is 5.39. The minimum Gasteiger partial charge on any atom is -0.409 e. The highest BCUT2D eigenvalue weighted by Gasteiger charge is 2.12. The molecule has 0 spiro atoms. The number of para-hydroxylation sites is 1. The predicted octanol–water partition coefficient (Wildman–Crippen LogP) is 5.37. The summed E-state index contributed by atoms with van der Waals surface area (Å²) in [5.41, 5.74) is 3.43. The average molecular weight is 331 g/mol. The van der Waals surface area contributed by atoms with Crippen LogP contribution in [0, 0.1) is 11.3 Å². The molecule has 1 radical (unpaired) electrons. The van der Waals surface area contributed by atoms with Gasteiger partial charge in [-0.15, -0.1) is 5.10 Å². The zero-order valence-corrected chi connectivity index (χ0v) is 13.3. The van der Waals surface area contributed by atoms with Gasteiger partial charge in [0, 0.05) is 0 Å². The van der Waals surface area contributed by atoms with Crippen LogP contribution in [0.25, 0.3) is 11.5 Å². The fourth-order valence-electron chi connectivity index (χ4n) is 2.14. The van der Waals surface area contributed by atoms with E-state index in [1.54, 1.807) is 0 Å². The molecule has 111 valence electrons. The third-order valence-corrected chi connectivity index (χ3v) is 3.80. The molecule has 3 aromatic rings. The average Bonchev–Trinajstić information content (AvgIpc) is 2.96. The number of rotatable bonds is 4. The van der Waals surface area contributed by atoms with Crippen molar-refractivity contribution in [2.45, 2.75) is 6.92 Å². The van der Waals surface area contributed by atoms with Crippen molar-refractivity contribution >= 4 is 35.2 Å². The van der Waals surface area contributed by atoms with Crippen molar-refractivity contribution < 1.29 is 4.42 Å². The van der Waals surface area contributed by atoms with Crippen molar-refractivity contribution in [2.75, 3.05) is 5.32 Å². The molecule has 0 aliphatic heterocycles. The number of anilines is 2. The molecule has 0 fully saturated rings. The second-order valence-corrected chi connectivity index (χ2v) is 5.34. The third kappa shape index (κ3) is 2.91. The van der Waals surface area contributed by atoms with Crippen LogP contribution in [-0.2, 0) is 0 Å². The molecule has 0 saturated heterocycles. The second-order valence-electron chi connectivity index (χ2n) is 4.59. The largest absolute Gasteiger partial charge is 0.409 e. The minimum absolute atomic E-state index is 0.241. The summed E-state index contributed by atoms with van der Waals surface area (Å²) in [4.78, 5) is 0.241. The van der Waals surface area contributed by atoms with Gasteiger partial charge in [0.25, 0.3) is 4.84 Å². The summed E-state index contributed by atoms with van der Waals surface area (Å²) in [5, 5.41) is 10.7. The molecule has 0 atom stereocenters. The standard InChI is InChI=1S/C16H13ClN3OS/c1-2-10-6-5-9-13(14(10)17)18-12-8-4-3-7-11(12)15-19-20-16(22)21-15/h2-9,18H,1H3,(H,20,22). The fraction of sp³-hybridized carbons (Fsp3) is 0.0625. The number of benzene rings is 2. The van der Waals surface area contributed by atoms with Crippen LogP contribution in [0.1, 0.15) is 12.5 Å². The first-order valence-corrected chi connectivity index (χ1v) is 7.47. The van der Waals surface area contributed by atoms with E-state index in [1.165, 1.54) is 0 Å². The van der Waals surface area contributed by atoms with E-state index in [1.807, 2.05) is 55.8 Å². The molecule has 3 rings (SSSR count). The van der Waals surface area contributed by atoms with Gasteiger partial charge < -0.3 is 9.73 Å². The van der Waals surface area contributed by atoms with E-state index in [4.69, 9.17) is 28.2 Å². The van der Waals surface area contributed by atoms with Crippen LogP contribution < -0.4 is 5.32 Å². The molecule has 2 N–H and O–H groups in total. The zero-order chi connectivity index (χ0) is 15.5. The molecule has 1 aromatic heterocycles. The Balaban J connectivity index is 2.02. The summed E-state index contributed by atoms with van der Waals surface area (Å²) in [7, 11) is 0. The molecule has 0 bridgehead atoms. The molecule has 1 heterocycles. The van der Waals surface area contributed by atoms with Crippen molar-refractivity contribution in [3.63, 3.8) is 0 Å². The summed E-state index contributed by atoms with van der Waals surface area (Å²) in [6.07, 6.45) is 1.96. The lowest BCUT2D eigenvalue weighted by atomic mass is 10.1. The Morgan fingerprint density at radius 1 is 1.18 bits per heavy atom. The normalized spacial score (nSPS) is 10.6. The van der Waals surface area contributed by atoms with E-state index in [2.05, 4.69) is 15.5 Å². The molecule has 2 aromatic carbocycles. The van der Waals surface area contributed by atoms with Crippen molar-refractivity contribution in [2.24, 2.45) is 0 Å². The maximum absolute atomic E-state index is 6.41. The monoisotopic (exact) mass is 330 g/mol. The van der Waals surface area contributed by atoms with Gasteiger partial charge >= 0.3 is 0 Å². The maximum Gasteiger partial charge on any atom is 0.284 e. The van der Waals surface area contributed by atoms with Crippen LogP contribution >= 0.6 is 23.8 Å². The highest BCUT2D eigenvalue weighted by molar-refractivity contribution is 7.71. The Morgan fingerprint density at radius 3 is 2.68 bits per heavy atom. The van der Waals surface area contributed by atoms with Crippen molar-refractivity contribution in [3.05, 3.63) is 64.3 Å². The first kappa shape index (κ1) is 14.8. The Bertz CT molecular complexity index is 856. The molecule has 0 saturated carbocycles. The van der Waals surface area contributed by atoms with Gasteiger partial charge in [-0.05, 0) is 42.4 Å². The van der Waals surface area contributed by atoms with Crippen LogP contribution in [0.2, 0.25) is 5.02 Å². The Labute approximate surface area is 138 Å². The van der Waals surface area contributed by atoms with Crippen LogP contribution in [0.4, 0.5) is 11.4 Å². The van der Waals surface area contributed by atoms with E-state index in [0.717, 1.165) is 22.5 Å². The summed E-state index contributed by atoms with van der Waals surface area (Å²) in [5.74, 6) is 0.433. The maximum atomic E-state index is 6.41. The molecular weight excluding hydrogens is 318 g/mol. The predicted molar refractivity (Wildman–Crippen MR) is 90.9 cm³/mol. The number of hydrogen-bond donors (Lipinski definition) is 2. The van der Waals surface area contributed by atoms with Gasteiger partial charge in [0.15, 0.2) is 0 Å². The Morgan fingerprint density at radius 2 is 1.95 bits per heavy atom. The summed E-state index contributed by atoms with van der Waals surface area (Å²) >= 11 is 11.3. The smallest absolute Gasteiger partial charge is 0.284 e. The summed E-state index contributed by atoms with van der Waals surface area (Å²) in [6.45, 7) is 1.95. The van der Waals surface area contributed by atoms with E-state index in [9.17, 15) is 0 Å². The van der Waals surface area contributed by atoms with Gasteiger partial charge in [-0.2, -0.15) is 0 Å². The van der Waals surface area contributed by atoms with E-state index < -0.39 is 0 Å². The lowest BCUT2D eigenvalue weighted by Crippen LogP contribution is -1.95. The SMILES string of the molecule is C[CH]c1cccc(Nc2ccccc2-c2n[nH]c(=S)o2)c1Cl. The fourth-order valence-corrected chi connectivity index (χ4v) is 2.55. The van der Waals surface area contributed by atoms with Crippen LogP contribution in [-0.4, -0.2) is 10.2 Å². The molecule has 6 heteroatoms. The Hall–Kier alpha value is -2.11. The number of nitrogens with one attached hydrogen (secondary N) is 2. The molecular formula is C16H13ClN3OS. The van der Waals surface area contributed by atoms with E-state index in [0.29, 0.717) is 10.9 Å². The number of aromatic amines is 1. The quantitative estimate of drug-likeness (QED) is 0.631. The van der Waals surface area contributed by atoms with Gasteiger partial charge in [-0.1, -0.05) is 42.8 Å². The second kappa shape index (κ2) is 6.34. The molecule has 0 aliphatic carbocycles. The number of nitrogens with zero attached hydrogens (tertiary/aromatic N) is 1. The van der Waals surface area contributed by atoms with Gasteiger partial charge in [0.05, 0.1) is 22.0 Å². The van der Waals surface area contributed by atoms with Gasteiger partial charge in [-0.25, -0.2) is 5.10 Å². The Kier molecular flexibility index (Phi) is 4.27. The number of H-pyrrole nitrogens is 1. The first-order chi connectivity index (χ1) is 10.7. The van der Waals surface area contributed by atoms with Gasteiger partial charge in [0.2, 0.25) is 5.89 Å². The van der Waals surface area contributed by atoms with Gasteiger partial charge in [-0.3, -0.25) is 0 Å². The molecule has 0 aliphatic rings. The lowest BCUT2D eigenvalue weighted by Gasteiger charge is -2.13. The number of hydrogen-bond acceptors (Lipinski definition) is 4. The molecule has 0 unspecified atom stereocenters. The summed E-state index contributed by atoms with van der Waals surface area (Å²) in [6, 6.07) is 13.5. The highest BCUT2D eigenvalue weighted by Crippen LogP contribution is 2.33. The highest BCUT2D eigenvalue weighted by atomic mass is 35.5. The molecule has 22 heavy (non-hydrogen) atoms. The lowest BCUT2D eigenvalue weighted by molar-refractivity contribution is 0.552. The van der Waals surface area contributed by atoms with Crippen molar-refractivity contribution in [1.82, 2.24) is 10.2 Å². The third-order valence-electron chi connectivity index (χ3n) is 3.20. The minimum atomic E-state index is 0.241. The zero-order valence-electron chi connectivity index (χ0n) is 11.8. The van der Waals surface area contributed by atoms with Gasteiger partial charge in [0.1, 0.15) is 0 Å². The first-order valence-electron chi connectivity index (χ1n) is 6.69. The number of halogens is 1. The number of aromatic nitrogens is 2. The van der Waals surface area contributed by atoms with E-state index in [-0.39, 0.29) is 4.84 Å². The molecule has 0 amide bonds. The van der Waals surface area contributed by atoms with Crippen LogP contribution in [0.5, 0.6) is 0 Å². The van der Waals surface area contributed by atoms with E-state index >= 15 is 0 Å².